The summed E-state index contributed by atoms with van der Waals surface area (Å²) in [5.41, 5.74) is 12.5. The number of rotatable bonds is 20. The number of hydrogen-bond donors (Lipinski definition) is 4. The number of aromatic nitrogens is 3. The summed E-state index contributed by atoms with van der Waals surface area (Å²) in [4.78, 5) is 98.8. The Bertz CT molecular complexity index is 5160. The Morgan fingerprint density at radius 3 is 1.13 bits per heavy atom. The minimum atomic E-state index is -0.603. The molecule has 6 aliphatic heterocycles. The number of anilines is 3. The number of hydrogen-bond acceptors (Lipinski definition) is 20. The van der Waals surface area contributed by atoms with Gasteiger partial charge in [0.15, 0.2) is 34.5 Å². The molecule has 4 amide bonds. The number of pyridine rings is 3. The minimum absolute atomic E-state index is 0.0183. The normalized spacial score (nSPS) is 16.1. The first-order chi connectivity index (χ1) is 55.8. The lowest BCUT2D eigenvalue weighted by atomic mass is 10.0. The molecule has 0 radical (unpaired) electrons. The van der Waals surface area contributed by atoms with Crippen LogP contribution >= 0.6 is 0 Å². The van der Waals surface area contributed by atoms with Gasteiger partial charge in [0.1, 0.15) is 50.8 Å². The quantitative estimate of drug-likeness (QED) is 0.0516. The molecule has 3 saturated heterocycles. The third kappa shape index (κ3) is 21.7. The number of benzene rings is 6. The number of carbonyl (C=O) groups excluding carboxylic acids is 4. The van der Waals surface area contributed by atoms with Crippen LogP contribution in [0.4, 0.5) is 26.7 Å². The maximum Gasteiger partial charge on any atom is 0.410 e. The maximum absolute atomic E-state index is 13.4. The number of nitrogens with one attached hydrogen (secondary N) is 3. The minimum Gasteiger partial charge on any atom is -0.486 e. The summed E-state index contributed by atoms with van der Waals surface area (Å²) in [6.45, 7) is 28.4. The first-order valence-electron chi connectivity index (χ1n) is 40.6. The van der Waals surface area contributed by atoms with E-state index in [2.05, 4.69) is 42.8 Å². The molecule has 0 bridgehead atoms. The van der Waals surface area contributed by atoms with Gasteiger partial charge in [-0.3, -0.25) is 24.0 Å². The van der Waals surface area contributed by atoms with Crippen molar-refractivity contribution in [3.05, 3.63) is 193 Å². The molecule has 5 N–H and O–H groups in total. The van der Waals surface area contributed by atoms with Gasteiger partial charge in [0.05, 0.1) is 27.9 Å². The summed E-state index contributed by atoms with van der Waals surface area (Å²) >= 11 is 0. The standard InChI is InChI=1S/C32H40N4O6.C30H38N4O5.C27H32N4O4/c1-22(37)33-26-6-5-7-27-25(26)9-11-30(38)35(27)17-16-34-14-12-24(13-15-34)36(31(39)42-32(2,3)4)21-23-8-10-28-29(20-23)41-19-18-40-28;1-30(2,3)39-29(36)34(20-21-7-9-26-27(19-21)38-18-17-37-26)22-11-13-32(14-12-22)15-16-33-25-6-4-5-24(31)23(25)8-10-28(33)35;1-19(32)29-23-3-2-4-24-22(23)6-8-27(33)31(24)14-13-30-11-9-21(10-12-30)28-18-20-5-7-25-26(17-20)35-16-15-34-25/h5-11,20,24H,12-19,21H2,1-4H3,(H,33,37);4-10,19,22H,11-18,20,31H2,1-3H3;2-8,17,21,28H,9-16,18H2,1H3,(H,29,32). The van der Waals surface area contributed by atoms with Crippen LogP contribution in [-0.2, 0) is 58.3 Å². The van der Waals surface area contributed by atoms with Gasteiger partial charge in [-0.2, -0.15) is 0 Å². The van der Waals surface area contributed by atoms with E-state index in [-0.39, 0.29) is 52.8 Å². The van der Waals surface area contributed by atoms with E-state index in [1.54, 1.807) is 45.5 Å². The fraction of sp³-hybridized carbons (Fsp3) is 0.449. The van der Waals surface area contributed by atoms with E-state index in [0.717, 1.165) is 170 Å². The second-order valence-electron chi connectivity index (χ2n) is 32.4. The van der Waals surface area contributed by atoms with Crippen LogP contribution in [-0.4, -0.2) is 190 Å². The fourth-order valence-corrected chi connectivity index (χ4v) is 15.8. The van der Waals surface area contributed by atoms with Gasteiger partial charge in [-0.25, -0.2) is 9.59 Å². The Labute approximate surface area is 676 Å². The number of fused-ring (bicyclic) bond motifs is 6. The lowest BCUT2D eigenvalue weighted by Crippen LogP contribution is -2.49. The number of nitrogens with two attached hydrogens (primary N) is 1. The molecule has 27 heteroatoms. The summed E-state index contributed by atoms with van der Waals surface area (Å²) in [6, 6.07) is 45.3. The first-order valence-corrected chi connectivity index (χ1v) is 40.6. The molecule has 0 atom stereocenters. The molecule has 616 valence electrons. The lowest BCUT2D eigenvalue weighted by molar-refractivity contribution is -0.115. The van der Waals surface area contributed by atoms with Crippen molar-refractivity contribution in [2.45, 2.75) is 163 Å². The third-order valence-corrected chi connectivity index (χ3v) is 21.6. The molecule has 6 aliphatic rings. The highest BCUT2D eigenvalue weighted by molar-refractivity contribution is 6.01. The van der Waals surface area contributed by atoms with Crippen molar-refractivity contribution in [2.24, 2.45) is 0 Å². The van der Waals surface area contributed by atoms with Crippen LogP contribution < -0.4 is 66.8 Å². The third-order valence-electron chi connectivity index (χ3n) is 21.6. The van der Waals surface area contributed by atoms with Crippen molar-refractivity contribution in [3.63, 3.8) is 0 Å². The maximum atomic E-state index is 13.4. The van der Waals surface area contributed by atoms with Crippen molar-refractivity contribution < 1.29 is 57.1 Å². The van der Waals surface area contributed by atoms with Gasteiger partial charge < -0.3 is 97.8 Å². The monoisotopic (exact) mass is 1590 g/mol. The molecular weight excluding hydrogens is 1480 g/mol. The summed E-state index contributed by atoms with van der Waals surface area (Å²) in [5, 5.41) is 12.0. The molecule has 6 aromatic carbocycles. The number of amides is 4. The highest BCUT2D eigenvalue weighted by Crippen LogP contribution is 2.36. The lowest BCUT2D eigenvalue weighted by Gasteiger charge is -2.39. The van der Waals surface area contributed by atoms with E-state index < -0.39 is 11.2 Å². The molecule has 3 aromatic heterocycles. The van der Waals surface area contributed by atoms with E-state index in [1.165, 1.54) is 19.4 Å². The van der Waals surface area contributed by atoms with Crippen LogP contribution in [0.3, 0.4) is 0 Å². The SMILES string of the molecule is CC(=O)Nc1cccc2c1ccc(=O)n2CCN1CCC(N(Cc2ccc3c(c2)OCCO3)C(=O)OC(C)(C)C)CC1.CC(=O)Nc1cccc2c1ccc(=O)n2CCN1CCC(NCc2ccc3c(c2)OCCO3)CC1.CC(C)(C)OC(=O)N(Cc1ccc2c(c1)OCCO2)C1CCN(CCn2c(=O)ccc3c(N)cccc32)CC1. The van der Waals surface area contributed by atoms with Crippen LogP contribution in [0.2, 0.25) is 0 Å². The number of likely N-dealkylation sites (tertiary alicyclic amines) is 3. The van der Waals surface area contributed by atoms with Crippen molar-refractivity contribution in [3.8, 4) is 34.5 Å². The topological polar surface area (TPSA) is 286 Å². The van der Waals surface area contributed by atoms with Gasteiger partial charge >= 0.3 is 12.2 Å². The Morgan fingerprint density at radius 1 is 0.414 bits per heavy atom. The molecule has 0 spiro atoms. The first kappa shape index (κ1) is 82.8. The molecule has 27 nitrogen and oxygen atoms in total. The average Bonchev–Trinajstić information content (AvgIpc) is 0.801. The molecule has 0 saturated carbocycles. The van der Waals surface area contributed by atoms with E-state index >= 15 is 0 Å². The van der Waals surface area contributed by atoms with Gasteiger partial charge in [-0.15, -0.1) is 0 Å². The van der Waals surface area contributed by atoms with Crippen molar-refractivity contribution in [1.29, 1.82) is 0 Å². The smallest absolute Gasteiger partial charge is 0.410 e. The Hall–Kier alpha value is -11.1. The predicted molar refractivity (Wildman–Crippen MR) is 449 cm³/mol. The molecule has 116 heavy (non-hydrogen) atoms. The molecular formula is C89H110N12O15. The second-order valence-corrected chi connectivity index (χ2v) is 32.4. The van der Waals surface area contributed by atoms with Crippen LogP contribution in [0, 0.1) is 0 Å². The largest absolute Gasteiger partial charge is 0.486 e. The highest BCUT2D eigenvalue weighted by atomic mass is 16.6. The number of carbonyl (C=O) groups is 4. The number of piperidine rings is 3. The molecule has 9 heterocycles. The van der Waals surface area contributed by atoms with Crippen molar-refractivity contribution >= 4 is 73.8 Å². The number of nitrogens with zero attached hydrogens (tertiary/aromatic N) is 8. The van der Waals surface area contributed by atoms with E-state index in [1.807, 2.05) is 153 Å². The van der Waals surface area contributed by atoms with Gasteiger partial charge in [-0.05, 0) is 201 Å². The van der Waals surface area contributed by atoms with E-state index in [4.69, 9.17) is 43.6 Å². The number of ether oxygens (including phenoxy) is 8. The second kappa shape index (κ2) is 37.6. The Morgan fingerprint density at radius 2 is 0.750 bits per heavy atom. The number of nitrogen functional groups attached to an aromatic ring is 1. The van der Waals surface area contributed by atoms with E-state index in [0.29, 0.717) is 108 Å². The van der Waals surface area contributed by atoms with E-state index in [9.17, 15) is 33.6 Å². The van der Waals surface area contributed by atoms with Crippen LogP contribution in [0.5, 0.6) is 34.5 Å². The van der Waals surface area contributed by atoms with Crippen LogP contribution in [0.15, 0.2) is 160 Å². The fourth-order valence-electron chi connectivity index (χ4n) is 15.8. The van der Waals surface area contributed by atoms with Gasteiger partial charge in [-0.1, -0.05) is 36.4 Å². The summed E-state index contributed by atoms with van der Waals surface area (Å²) in [5.74, 6) is 4.24. The molecule has 3 fully saturated rings. The highest BCUT2D eigenvalue weighted by Gasteiger charge is 2.35. The van der Waals surface area contributed by atoms with Gasteiger partial charge in [0.2, 0.25) is 11.8 Å². The van der Waals surface area contributed by atoms with Crippen LogP contribution in [0.25, 0.3) is 32.7 Å². The molecule has 0 unspecified atom stereocenters. The van der Waals surface area contributed by atoms with Gasteiger partial charge in [0.25, 0.3) is 16.7 Å². The zero-order chi connectivity index (χ0) is 81.6. The van der Waals surface area contributed by atoms with Crippen molar-refractivity contribution in [2.75, 3.05) is 115 Å². The summed E-state index contributed by atoms with van der Waals surface area (Å²) in [7, 11) is 0. The Kier molecular flexibility index (Phi) is 26.9. The zero-order valence-corrected chi connectivity index (χ0v) is 68.0. The summed E-state index contributed by atoms with van der Waals surface area (Å²) < 4.78 is 51.1. The average molecular weight is 1590 g/mol. The molecule has 15 rings (SSSR count). The Balaban J connectivity index is 0.000000152. The van der Waals surface area contributed by atoms with Crippen molar-refractivity contribution in [1.82, 2.24) is 43.5 Å². The molecule has 9 aromatic rings. The predicted octanol–water partition coefficient (Wildman–Crippen LogP) is 11.9. The molecule has 0 aliphatic carbocycles. The van der Waals surface area contributed by atoms with Gasteiger partial charge in [0, 0.05) is 157 Å². The zero-order valence-electron chi connectivity index (χ0n) is 68.0. The van der Waals surface area contributed by atoms with Crippen LogP contribution in [0.1, 0.15) is 111 Å². The summed E-state index contributed by atoms with van der Waals surface area (Å²) in [6.07, 6.45) is 4.73.